The Labute approximate surface area is 114 Å². The number of hydrogen-bond acceptors (Lipinski definition) is 1. The maximum atomic E-state index is 13.3. The van der Waals surface area contributed by atoms with Crippen molar-refractivity contribution in [2.75, 3.05) is 0 Å². The topological polar surface area (TPSA) is 12.0 Å². The minimum Gasteiger partial charge on any atom is -0.307 e. The summed E-state index contributed by atoms with van der Waals surface area (Å²) in [5, 5.41) is 3.58. The summed E-state index contributed by atoms with van der Waals surface area (Å²) in [7, 11) is 0. The maximum absolute atomic E-state index is 13.3. The van der Waals surface area contributed by atoms with Crippen molar-refractivity contribution in [1.82, 2.24) is 5.32 Å². The van der Waals surface area contributed by atoms with E-state index in [1.165, 1.54) is 31.4 Å². The fraction of sp³-hybridized carbons (Fsp3) is 0.625. The molecule has 2 rings (SSSR count). The van der Waals surface area contributed by atoms with Gasteiger partial charge in [-0.3, -0.25) is 0 Å². The number of rotatable bonds is 3. The molecule has 1 aromatic rings. The highest BCUT2D eigenvalue weighted by Crippen LogP contribution is 2.36. The highest BCUT2D eigenvalue weighted by molar-refractivity contribution is 5.21. The van der Waals surface area contributed by atoms with Crippen LogP contribution in [0.5, 0.6) is 0 Å². The Kier molecular flexibility index (Phi) is 4.24. The van der Waals surface area contributed by atoms with E-state index < -0.39 is 11.6 Å². The van der Waals surface area contributed by atoms with E-state index in [4.69, 9.17) is 0 Å². The van der Waals surface area contributed by atoms with Crippen molar-refractivity contribution in [3.05, 3.63) is 35.4 Å². The number of benzene rings is 1. The fourth-order valence-electron chi connectivity index (χ4n) is 2.98. The molecule has 19 heavy (non-hydrogen) atoms. The average molecular weight is 267 g/mol. The van der Waals surface area contributed by atoms with Gasteiger partial charge in [-0.25, -0.2) is 8.78 Å². The number of hydrogen-bond donors (Lipinski definition) is 1. The minimum atomic E-state index is -0.783. The molecule has 106 valence electrons. The smallest absolute Gasteiger partial charge is 0.159 e. The monoisotopic (exact) mass is 267 g/mol. The highest BCUT2D eigenvalue weighted by Gasteiger charge is 2.32. The van der Waals surface area contributed by atoms with Crippen LogP contribution in [0.1, 0.15) is 58.1 Å². The predicted molar refractivity (Wildman–Crippen MR) is 73.9 cm³/mol. The molecule has 0 aliphatic heterocycles. The lowest BCUT2D eigenvalue weighted by atomic mass is 9.73. The van der Waals surface area contributed by atoms with Gasteiger partial charge in [0.05, 0.1) is 0 Å². The summed E-state index contributed by atoms with van der Waals surface area (Å²) in [6, 6.07) is 4.63. The van der Waals surface area contributed by atoms with E-state index in [9.17, 15) is 8.78 Å². The molecule has 1 saturated carbocycles. The van der Waals surface area contributed by atoms with Crippen LogP contribution in [-0.2, 0) is 0 Å². The van der Waals surface area contributed by atoms with E-state index in [0.717, 1.165) is 12.0 Å². The lowest BCUT2D eigenvalue weighted by Gasteiger charge is -2.40. The van der Waals surface area contributed by atoms with E-state index >= 15 is 0 Å². The molecule has 0 bridgehead atoms. The maximum Gasteiger partial charge on any atom is 0.159 e. The van der Waals surface area contributed by atoms with Gasteiger partial charge in [0, 0.05) is 12.1 Å². The third-order valence-electron chi connectivity index (χ3n) is 4.40. The summed E-state index contributed by atoms with van der Waals surface area (Å²) in [4.78, 5) is 0. The lowest BCUT2D eigenvalue weighted by Crippen LogP contribution is -2.45. The molecule has 0 amide bonds. The van der Waals surface area contributed by atoms with Gasteiger partial charge in [-0.1, -0.05) is 32.8 Å². The molecule has 3 heteroatoms. The zero-order chi connectivity index (χ0) is 14.0. The average Bonchev–Trinajstić information content (AvgIpc) is 2.35. The molecule has 1 fully saturated rings. The zero-order valence-corrected chi connectivity index (χ0v) is 12.0. The van der Waals surface area contributed by atoms with Gasteiger partial charge in [-0.2, -0.15) is 0 Å². The van der Waals surface area contributed by atoms with E-state index in [-0.39, 0.29) is 11.5 Å². The zero-order valence-electron chi connectivity index (χ0n) is 12.0. The van der Waals surface area contributed by atoms with E-state index in [2.05, 4.69) is 19.2 Å². The largest absolute Gasteiger partial charge is 0.307 e. The summed E-state index contributed by atoms with van der Waals surface area (Å²) in [5.74, 6) is -1.55. The Bertz CT molecular complexity index is 442. The van der Waals surface area contributed by atoms with Crippen molar-refractivity contribution in [3.8, 4) is 0 Å². The van der Waals surface area contributed by atoms with Gasteiger partial charge in [-0.05, 0) is 42.9 Å². The van der Waals surface area contributed by atoms with Crippen molar-refractivity contribution in [1.29, 1.82) is 0 Å². The first kappa shape index (κ1) is 14.4. The quantitative estimate of drug-likeness (QED) is 0.845. The van der Waals surface area contributed by atoms with Gasteiger partial charge < -0.3 is 5.32 Å². The van der Waals surface area contributed by atoms with E-state index in [0.29, 0.717) is 6.04 Å². The van der Waals surface area contributed by atoms with Crippen molar-refractivity contribution >= 4 is 0 Å². The molecule has 1 aliphatic rings. The fourth-order valence-corrected chi connectivity index (χ4v) is 2.98. The summed E-state index contributed by atoms with van der Waals surface area (Å²) in [5.41, 5.74) is 1.07. The van der Waals surface area contributed by atoms with Gasteiger partial charge in [0.15, 0.2) is 11.6 Å². The first-order valence-corrected chi connectivity index (χ1v) is 7.11. The second-order valence-corrected chi connectivity index (χ2v) is 6.35. The SMILES string of the molecule is CC(NC1CCCCC1(C)C)c1ccc(F)c(F)c1. The highest BCUT2D eigenvalue weighted by atomic mass is 19.2. The van der Waals surface area contributed by atoms with Crippen LogP contribution in [-0.4, -0.2) is 6.04 Å². The Balaban J connectivity index is 2.07. The van der Waals surface area contributed by atoms with Crippen LogP contribution < -0.4 is 5.32 Å². The summed E-state index contributed by atoms with van der Waals surface area (Å²) < 4.78 is 26.2. The summed E-state index contributed by atoms with van der Waals surface area (Å²) in [6.45, 7) is 6.57. The lowest BCUT2D eigenvalue weighted by molar-refractivity contribution is 0.157. The van der Waals surface area contributed by atoms with Crippen LogP contribution in [0.15, 0.2) is 18.2 Å². The van der Waals surface area contributed by atoms with Crippen molar-refractivity contribution < 1.29 is 8.78 Å². The molecule has 0 radical (unpaired) electrons. The van der Waals surface area contributed by atoms with Gasteiger partial charge in [0.1, 0.15) is 0 Å². The first-order chi connectivity index (χ1) is 8.90. The van der Waals surface area contributed by atoms with Crippen LogP contribution >= 0.6 is 0 Å². The van der Waals surface area contributed by atoms with Crippen LogP contribution in [0.25, 0.3) is 0 Å². The van der Waals surface area contributed by atoms with E-state index in [1.54, 1.807) is 6.07 Å². The summed E-state index contributed by atoms with van der Waals surface area (Å²) >= 11 is 0. The Morgan fingerprint density at radius 1 is 1.21 bits per heavy atom. The molecule has 2 atom stereocenters. The van der Waals surface area contributed by atoms with Crippen molar-refractivity contribution in [2.24, 2.45) is 5.41 Å². The van der Waals surface area contributed by atoms with Gasteiger partial charge in [0.2, 0.25) is 0 Å². The molecule has 2 unspecified atom stereocenters. The van der Waals surface area contributed by atoms with Gasteiger partial charge in [0.25, 0.3) is 0 Å². The minimum absolute atomic E-state index is 0.0393. The molecule has 1 nitrogen and oxygen atoms in total. The number of halogens is 2. The van der Waals surface area contributed by atoms with Crippen molar-refractivity contribution in [3.63, 3.8) is 0 Å². The standard InChI is InChI=1S/C16H23F2N/c1-11(12-7-8-13(17)14(18)10-12)19-15-6-4-5-9-16(15,2)3/h7-8,10-11,15,19H,4-6,9H2,1-3H3. The Morgan fingerprint density at radius 2 is 1.95 bits per heavy atom. The van der Waals surface area contributed by atoms with Crippen molar-refractivity contribution in [2.45, 2.75) is 58.5 Å². The Morgan fingerprint density at radius 3 is 2.58 bits per heavy atom. The molecular formula is C16H23F2N. The second kappa shape index (κ2) is 5.58. The normalized spacial score (nSPS) is 24.2. The molecule has 0 heterocycles. The Hall–Kier alpha value is -0.960. The molecule has 1 aliphatic carbocycles. The second-order valence-electron chi connectivity index (χ2n) is 6.35. The van der Waals surface area contributed by atoms with Crippen LogP contribution in [0, 0.1) is 17.0 Å². The number of nitrogens with one attached hydrogen (secondary N) is 1. The van der Waals surface area contributed by atoms with Gasteiger partial charge >= 0.3 is 0 Å². The third kappa shape index (κ3) is 3.33. The summed E-state index contributed by atoms with van der Waals surface area (Å²) in [6.07, 6.45) is 4.90. The van der Waals surface area contributed by atoms with Crippen LogP contribution in [0.3, 0.4) is 0 Å². The first-order valence-electron chi connectivity index (χ1n) is 7.11. The molecule has 0 spiro atoms. The molecule has 0 aromatic heterocycles. The molecular weight excluding hydrogens is 244 g/mol. The molecule has 1 N–H and O–H groups in total. The molecule has 1 aromatic carbocycles. The van der Waals surface area contributed by atoms with Gasteiger partial charge in [-0.15, -0.1) is 0 Å². The van der Waals surface area contributed by atoms with E-state index in [1.807, 2.05) is 6.92 Å². The third-order valence-corrected chi connectivity index (χ3v) is 4.40. The van der Waals surface area contributed by atoms with Crippen LogP contribution in [0.4, 0.5) is 8.78 Å². The molecule has 0 saturated heterocycles. The van der Waals surface area contributed by atoms with Crippen LogP contribution in [0.2, 0.25) is 0 Å². The predicted octanol–water partition coefficient (Wildman–Crippen LogP) is 4.58.